The second-order valence-corrected chi connectivity index (χ2v) is 3.18. The van der Waals surface area contributed by atoms with Gasteiger partial charge in [0.25, 0.3) is 0 Å². The molecular weight excluding hydrogens is 162 g/mol. The molecule has 0 aliphatic heterocycles. The van der Waals surface area contributed by atoms with Gasteiger partial charge in [0.15, 0.2) is 0 Å². The van der Waals surface area contributed by atoms with Crippen LogP contribution in [0.3, 0.4) is 0 Å². The second-order valence-electron chi connectivity index (χ2n) is 3.18. The second kappa shape index (κ2) is 6.96. The van der Waals surface area contributed by atoms with Crippen molar-refractivity contribution in [2.45, 2.75) is 46.5 Å². The van der Waals surface area contributed by atoms with E-state index in [9.17, 15) is 5.11 Å². The van der Waals surface area contributed by atoms with E-state index in [1.165, 1.54) is 12.0 Å². The predicted octanol–water partition coefficient (Wildman–Crippen LogP) is 2.99. The summed E-state index contributed by atoms with van der Waals surface area (Å²) in [5.74, 6) is 0.798. The van der Waals surface area contributed by atoms with Gasteiger partial charge in [0.05, 0.1) is 5.76 Å². The van der Waals surface area contributed by atoms with Crippen molar-refractivity contribution in [2.24, 2.45) is 11.7 Å². The average molecular weight is 185 g/mol. The Morgan fingerprint density at radius 2 is 2.00 bits per heavy atom. The number of hydrogen-bond donors (Lipinski definition) is 2. The highest BCUT2D eigenvalue weighted by atomic mass is 16.3. The molecule has 0 saturated heterocycles. The molecule has 2 nitrogen and oxygen atoms in total. The lowest BCUT2D eigenvalue weighted by atomic mass is 9.87. The number of aliphatic hydroxyl groups excluding tert-OH is 1. The van der Waals surface area contributed by atoms with Crippen LogP contribution < -0.4 is 5.73 Å². The minimum Gasteiger partial charge on any atom is -0.512 e. The van der Waals surface area contributed by atoms with Crippen molar-refractivity contribution in [3.8, 4) is 0 Å². The number of aliphatic hydroxyl groups is 1. The van der Waals surface area contributed by atoms with Gasteiger partial charge >= 0.3 is 0 Å². The average Bonchev–Trinajstić information content (AvgIpc) is 2.07. The molecular formula is C11H23NO. The lowest BCUT2D eigenvalue weighted by molar-refractivity contribution is 0.308. The quantitative estimate of drug-likeness (QED) is 0.664. The summed E-state index contributed by atoms with van der Waals surface area (Å²) in [6.07, 6.45) is 4.36. The molecule has 0 radical (unpaired) electrons. The van der Waals surface area contributed by atoms with E-state index in [0.29, 0.717) is 12.3 Å². The van der Waals surface area contributed by atoms with Crippen molar-refractivity contribution in [1.82, 2.24) is 0 Å². The molecule has 1 fully saturated rings. The van der Waals surface area contributed by atoms with E-state index in [0.717, 1.165) is 19.3 Å². The maximum Gasteiger partial charge on any atom is 0.0957 e. The van der Waals surface area contributed by atoms with Gasteiger partial charge in [-0.05, 0) is 31.3 Å². The fraction of sp³-hybridized carbons (Fsp3) is 0.818. The monoisotopic (exact) mass is 185 g/mol. The normalized spacial score (nSPS) is 16.8. The molecule has 1 rings (SSSR count). The molecule has 78 valence electrons. The molecule has 1 saturated carbocycles. The molecule has 0 aromatic carbocycles. The van der Waals surface area contributed by atoms with E-state index < -0.39 is 0 Å². The molecule has 0 bridgehead atoms. The third-order valence-corrected chi connectivity index (χ3v) is 2.48. The molecule has 3 N–H and O–H groups in total. The third kappa shape index (κ3) is 3.39. The van der Waals surface area contributed by atoms with Gasteiger partial charge in [-0.25, -0.2) is 0 Å². The Labute approximate surface area is 81.8 Å². The highest BCUT2D eigenvalue weighted by Gasteiger charge is 2.18. The summed E-state index contributed by atoms with van der Waals surface area (Å²) < 4.78 is 0. The number of allylic oxidation sites excluding steroid dienone is 1. The lowest BCUT2D eigenvalue weighted by Crippen LogP contribution is -2.18. The van der Waals surface area contributed by atoms with Gasteiger partial charge in [0, 0.05) is 12.5 Å². The van der Waals surface area contributed by atoms with Crippen molar-refractivity contribution >= 4 is 0 Å². The standard InChI is InChI=1S/C9H17NO.C2H6/c1-2-7(6-10)9(11)8-4-3-5-8;1-2/h7,11H,2-6,10H2,1H3;1-2H3. The summed E-state index contributed by atoms with van der Waals surface area (Å²) in [5.41, 5.74) is 6.74. The Hall–Kier alpha value is -0.500. The van der Waals surface area contributed by atoms with Gasteiger partial charge in [-0.2, -0.15) is 0 Å². The van der Waals surface area contributed by atoms with Crippen LogP contribution in [-0.4, -0.2) is 11.7 Å². The predicted molar refractivity (Wildman–Crippen MR) is 57.7 cm³/mol. The van der Waals surface area contributed by atoms with E-state index in [4.69, 9.17) is 5.73 Å². The van der Waals surface area contributed by atoms with Gasteiger partial charge in [0.2, 0.25) is 0 Å². The van der Waals surface area contributed by atoms with Gasteiger partial charge in [-0.1, -0.05) is 20.8 Å². The summed E-state index contributed by atoms with van der Waals surface area (Å²) in [4.78, 5) is 0. The molecule has 1 atom stereocenters. The first-order valence-corrected chi connectivity index (χ1v) is 5.40. The fourth-order valence-corrected chi connectivity index (χ4v) is 1.37. The van der Waals surface area contributed by atoms with Crippen molar-refractivity contribution in [1.29, 1.82) is 0 Å². The first-order chi connectivity index (χ1) is 6.29. The maximum absolute atomic E-state index is 9.63. The highest BCUT2D eigenvalue weighted by molar-refractivity contribution is 5.16. The molecule has 0 amide bonds. The van der Waals surface area contributed by atoms with E-state index in [2.05, 4.69) is 6.92 Å². The minimum atomic E-state index is 0.213. The Bertz CT molecular complexity index is 153. The Balaban J connectivity index is 0.000000671. The molecule has 1 aliphatic carbocycles. The fourth-order valence-electron chi connectivity index (χ4n) is 1.37. The highest BCUT2D eigenvalue weighted by Crippen LogP contribution is 2.31. The number of nitrogens with two attached hydrogens (primary N) is 1. The first kappa shape index (κ1) is 12.5. The van der Waals surface area contributed by atoms with Gasteiger partial charge in [-0.15, -0.1) is 0 Å². The van der Waals surface area contributed by atoms with E-state index in [1.807, 2.05) is 13.8 Å². The summed E-state index contributed by atoms with van der Waals surface area (Å²) in [6.45, 7) is 6.64. The molecule has 0 aromatic rings. The summed E-state index contributed by atoms with van der Waals surface area (Å²) >= 11 is 0. The molecule has 1 aliphatic rings. The van der Waals surface area contributed by atoms with Gasteiger partial charge in [-0.3, -0.25) is 0 Å². The minimum absolute atomic E-state index is 0.213. The van der Waals surface area contributed by atoms with Crippen LogP contribution in [0.5, 0.6) is 0 Å². The molecule has 1 unspecified atom stereocenters. The Kier molecular flexibility index (Phi) is 6.69. The zero-order valence-corrected chi connectivity index (χ0v) is 9.14. The third-order valence-electron chi connectivity index (χ3n) is 2.48. The topological polar surface area (TPSA) is 46.2 Å². The van der Waals surface area contributed by atoms with Crippen LogP contribution in [0.1, 0.15) is 46.5 Å². The van der Waals surface area contributed by atoms with Gasteiger partial charge < -0.3 is 10.8 Å². The zero-order chi connectivity index (χ0) is 10.3. The van der Waals surface area contributed by atoms with E-state index in [1.54, 1.807) is 0 Å². The zero-order valence-electron chi connectivity index (χ0n) is 9.14. The molecule has 2 heteroatoms. The smallest absolute Gasteiger partial charge is 0.0957 e. The summed E-state index contributed by atoms with van der Waals surface area (Å²) in [7, 11) is 0. The number of rotatable bonds is 3. The SMILES string of the molecule is CC.CCC(CN)C(O)=C1CCC1. The lowest BCUT2D eigenvalue weighted by Gasteiger charge is -2.22. The van der Waals surface area contributed by atoms with Crippen molar-refractivity contribution in [3.63, 3.8) is 0 Å². The van der Waals surface area contributed by atoms with Crippen LogP contribution in [0.25, 0.3) is 0 Å². The van der Waals surface area contributed by atoms with E-state index >= 15 is 0 Å². The maximum atomic E-state index is 9.63. The van der Waals surface area contributed by atoms with Crippen LogP contribution in [-0.2, 0) is 0 Å². The molecule has 0 spiro atoms. The molecule has 0 aromatic heterocycles. The molecule has 0 heterocycles. The van der Waals surface area contributed by atoms with Crippen LogP contribution in [0.4, 0.5) is 0 Å². The van der Waals surface area contributed by atoms with Crippen molar-refractivity contribution in [3.05, 3.63) is 11.3 Å². The van der Waals surface area contributed by atoms with E-state index in [-0.39, 0.29) is 5.92 Å². The first-order valence-electron chi connectivity index (χ1n) is 5.40. The summed E-state index contributed by atoms with van der Waals surface area (Å²) in [5, 5.41) is 9.63. The van der Waals surface area contributed by atoms with Crippen LogP contribution in [0.15, 0.2) is 11.3 Å². The molecule has 13 heavy (non-hydrogen) atoms. The van der Waals surface area contributed by atoms with Crippen LogP contribution in [0, 0.1) is 5.92 Å². The summed E-state index contributed by atoms with van der Waals surface area (Å²) in [6, 6.07) is 0. The van der Waals surface area contributed by atoms with Crippen LogP contribution in [0.2, 0.25) is 0 Å². The Morgan fingerprint density at radius 3 is 2.23 bits per heavy atom. The largest absolute Gasteiger partial charge is 0.512 e. The van der Waals surface area contributed by atoms with Gasteiger partial charge in [0.1, 0.15) is 0 Å². The Morgan fingerprint density at radius 1 is 1.46 bits per heavy atom. The number of hydrogen-bond acceptors (Lipinski definition) is 2. The van der Waals surface area contributed by atoms with Crippen molar-refractivity contribution < 1.29 is 5.11 Å². The van der Waals surface area contributed by atoms with Crippen molar-refractivity contribution in [2.75, 3.05) is 6.54 Å². The van der Waals surface area contributed by atoms with Crippen LogP contribution >= 0.6 is 0 Å².